The fourth-order valence-electron chi connectivity index (χ4n) is 2.84. The molecule has 1 heterocycles. The van der Waals surface area contributed by atoms with Gasteiger partial charge in [-0.05, 0) is 38.6 Å². The van der Waals surface area contributed by atoms with Gasteiger partial charge in [0.15, 0.2) is 0 Å². The minimum absolute atomic E-state index is 0.175. The van der Waals surface area contributed by atoms with E-state index in [1.165, 1.54) is 15.3 Å². The van der Waals surface area contributed by atoms with Crippen molar-refractivity contribution in [2.75, 3.05) is 47.5 Å². The summed E-state index contributed by atoms with van der Waals surface area (Å²) in [5, 5.41) is 0.237. The normalized spacial score (nSPS) is 22.1. The highest BCUT2D eigenvalue weighted by Crippen LogP contribution is 2.29. The standard InChI is InChI=1S/C16H25N3O3S2/c1-17(2)14-10-19(11-15(14)23-5)24(21,22)13-8-6-7-12(9-13)16(20)18(3)4/h6-9,14-15H,10-11H2,1-5H3/t14-,15-/m1/s1. The van der Waals surface area contributed by atoms with Crippen molar-refractivity contribution in [3.63, 3.8) is 0 Å². The number of carbonyl (C=O) groups is 1. The Labute approximate surface area is 148 Å². The third kappa shape index (κ3) is 3.77. The molecule has 0 bridgehead atoms. The Morgan fingerprint density at radius 2 is 1.88 bits per heavy atom. The van der Waals surface area contributed by atoms with Gasteiger partial charge < -0.3 is 9.80 Å². The molecule has 1 saturated heterocycles. The molecule has 134 valence electrons. The van der Waals surface area contributed by atoms with E-state index in [1.54, 1.807) is 44.1 Å². The third-order valence-corrected chi connectivity index (χ3v) is 7.19. The smallest absolute Gasteiger partial charge is 0.253 e. The SMILES string of the molecule is CS[C@@H]1CN(S(=O)(=O)c2cccc(C(=O)N(C)C)c2)C[C@H]1N(C)C. The van der Waals surface area contributed by atoms with Gasteiger partial charge in [0.25, 0.3) is 5.91 Å². The van der Waals surface area contributed by atoms with Crippen molar-refractivity contribution in [1.29, 1.82) is 0 Å². The van der Waals surface area contributed by atoms with Crippen LogP contribution < -0.4 is 0 Å². The number of likely N-dealkylation sites (N-methyl/N-ethyl adjacent to an activating group) is 1. The number of carbonyl (C=O) groups excluding carboxylic acids is 1. The fraction of sp³-hybridized carbons (Fsp3) is 0.562. The van der Waals surface area contributed by atoms with Crippen molar-refractivity contribution in [1.82, 2.24) is 14.1 Å². The second-order valence-electron chi connectivity index (χ2n) is 6.35. The molecule has 0 aliphatic carbocycles. The van der Waals surface area contributed by atoms with Crippen molar-refractivity contribution in [2.24, 2.45) is 0 Å². The zero-order chi connectivity index (χ0) is 18.1. The first kappa shape index (κ1) is 19.2. The van der Waals surface area contributed by atoms with Gasteiger partial charge in [-0.2, -0.15) is 16.1 Å². The minimum atomic E-state index is -3.61. The summed E-state index contributed by atoms with van der Waals surface area (Å²) in [5.74, 6) is -0.207. The van der Waals surface area contributed by atoms with E-state index in [-0.39, 0.29) is 22.1 Å². The summed E-state index contributed by atoms with van der Waals surface area (Å²) in [4.78, 5) is 15.8. The zero-order valence-corrected chi connectivity index (χ0v) is 16.4. The number of thioether (sulfide) groups is 1. The highest BCUT2D eigenvalue weighted by molar-refractivity contribution is 7.99. The Kier molecular flexibility index (Phi) is 5.95. The van der Waals surface area contributed by atoms with E-state index in [1.807, 2.05) is 20.4 Å². The van der Waals surface area contributed by atoms with Crippen molar-refractivity contribution in [3.8, 4) is 0 Å². The Morgan fingerprint density at radius 1 is 1.21 bits per heavy atom. The zero-order valence-electron chi connectivity index (χ0n) is 14.8. The van der Waals surface area contributed by atoms with Crippen LogP contribution in [-0.4, -0.2) is 87.3 Å². The third-order valence-electron chi connectivity index (χ3n) is 4.29. The van der Waals surface area contributed by atoms with Crippen LogP contribution in [0.5, 0.6) is 0 Å². The number of hydrogen-bond acceptors (Lipinski definition) is 5. The molecule has 1 aromatic carbocycles. The van der Waals surface area contributed by atoms with Crippen molar-refractivity contribution >= 4 is 27.7 Å². The summed E-state index contributed by atoms with van der Waals surface area (Å²) in [6.07, 6.45) is 2.01. The van der Waals surface area contributed by atoms with Gasteiger partial charge in [0, 0.05) is 44.0 Å². The van der Waals surface area contributed by atoms with Gasteiger partial charge in [-0.3, -0.25) is 4.79 Å². The summed E-state index contributed by atoms with van der Waals surface area (Å²) < 4.78 is 27.5. The van der Waals surface area contributed by atoms with Crippen LogP contribution in [-0.2, 0) is 10.0 Å². The van der Waals surface area contributed by atoms with Gasteiger partial charge in [0.2, 0.25) is 10.0 Å². The fourth-order valence-corrected chi connectivity index (χ4v) is 5.44. The maximum absolute atomic E-state index is 13.0. The average Bonchev–Trinajstić information content (AvgIpc) is 2.99. The lowest BCUT2D eigenvalue weighted by atomic mass is 10.2. The number of amides is 1. The van der Waals surface area contributed by atoms with E-state index in [9.17, 15) is 13.2 Å². The molecule has 24 heavy (non-hydrogen) atoms. The molecule has 6 nitrogen and oxygen atoms in total. The van der Waals surface area contributed by atoms with Crippen LogP contribution >= 0.6 is 11.8 Å². The Morgan fingerprint density at radius 3 is 2.38 bits per heavy atom. The van der Waals surface area contributed by atoms with Gasteiger partial charge in [-0.1, -0.05) is 6.07 Å². The largest absolute Gasteiger partial charge is 0.345 e. The minimum Gasteiger partial charge on any atom is -0.345 e. The molecule has 0 saturated carbocycles. The molecular weight excluding hydrogens is 346 g/mol. The molecule has 2 atom stereocenters. The number of hydrogen-bond donors (Lipinski definition) is 0. The molecule has 0 N–H and O–H groups in total. The highest BCUT2D eigenvalue weighted by atomic mass is 32.2. The topological polar surface area (TPSA) is 60.9 Å². The monoisotopic (exact) mass is 371 g/mol. The molecule has 0 unspecified atom stereocenters. The van der Waals surface area contributed by atoms with Gasteiger partial charge in [-0.25, -0.2) is 8.42 Å². The van der Waals surface area contributed by atoms with E-state index in [0.717, 1.165) is 0 Å². The molecule has 1 amide bonds. The summed E-state index contributed by atoms with van der Waals surface area (Å²) in [6.45, 7) is 0.949. The van der Waals surface area contributed by atoms with Gasteiger partial charge in [-0.15, -0.1) is 0 Å². The summed E-state index contributed by atoms with van der Waals surface area (Å²) >= 11 is 1.69. The number of rotatable bonds is 5. The second kappa shape index (κ2) is 7.43. The van der Waals surface area contributed by atoms with Crippen LogP contribution in [0.2, 0.25) is 0 Å². The van der Waals surface area contributed by atoms with E-state index >= 15 is 0 Å². The predicted molar refractivity (Wildman–Crippen MR) is 98.0 cm³/mol. The summed E-state index contributed by atoms with van der Waals surface area (Å²) in [5.41, 5.74) is 0.380. The number of sulfonamides is 1. The molecule has 0 aromatic heterocycles. The summed E-state index contributed by atoms with van der Waals surface area (Å²) in [6, 6.07) is 6.46. The van der Waals surface area contributed by atoms with E-state index in [0.29, 0.717) is 18.7 Å². The molecule has 2 rings (SSSR count). The van der Waals surface area contributed by atoms with Crippen LogP contribution in [0.25, 0.3) is 0 Å². The first-order chi connectivity index (χ1) is 11.2. The molecular formula is C16H25N3O3S2. The van der Waals surface area contributed by atoms with Crippen LogP contribution in [0.1, 0.15) is 10.4 Å². The molecule has 8 heteroatoms. The lowest BCUT2D eigenvalue weighted by molar-refractivity contribution is 0.0827. The molecule has 0 spiro atoms. The van der Waals surface area contributed by atoms with E-state index in [4.69, 9.17) is 0 Å². The molecule has 1 fully saturated rings. The molecule has 0 radical (unpaired) electrons. The molecule has 1 aliphatic heterocycles. The van der Waals surface area contributed by atoms with Gasteiger partial charge >= 0.3 is 0 Å². The molecule has 1 aromatic rings. The quantitative estimate of drug-likeness (QED) is 0.774. The first-order valence-electron chi connectivity index (χ1n) is 7.69. The maximum atomic E-state index is 13.0. The van der Waals surface area contributed by atoms with Crippen LogP contribution in [0, 0.1) is 0 Å². The average molecular weight is 372 g/mol. The van der Waals surface area contributed by atoms with Crippen LogP contribution in [0.15, 0.2) is 29.2 Å². The van der Waals surface area contributed by atoms with Crippen molar-refractivity contribution in [3.05, 3.63) is 29.8 Å². The predicted octanol–water partition coefficient (Wildman–Crippen LogP) is 1.05. The number of benzene rings is 1. The maximum Gasteiger partial charge on any atom is 0.253 e. The van der Waals surface area contributed by atoms with Crippen LogP contribution in [0.4, 0.5) is 0 Å². The first-order valence-corrected chi connectivity index (χ1v) is 10.4. The van der Waals surface area contributed by atoms with Crippen molar-refractivity contribution in [2.45, 2.75) is 16.2 Å². The van der Waals surface area contributed by atoms with E-state index in [2.05, 4.69) is 4.90 Å². The van der Waals surface area contributed by atoms with Gasteiger partial charge in [0.1, 0.15) is 0 Å². The van der Waals surface area contributed by atoms with Crippen LogP contribution in [0.3, 0.4) is 0 Å². The van der Waals surface area contributed by atoms with Gasteiger partial charge in [0.05, 0.1) is 4.90 Å². The Hall–Kier alpha value is -1.09. The Bertz CT molecular complexity index is 704. The second-order valence-corrected chi connectivity index (χ2v) is 9.37. The lowest BCUT2D eigenvalue weighted by Crippen LogP contribution is -2.37. The Balaban J connectivity index is 2.31. The number of nitrogens with zero attached hydrogens (tertiary/aromatic N) is 3. The highest BCUT2D eigenvalue weighted by Gasteiger charge is 2.40. The van der Waals surface area contributed by atoms with E-state index < -0.39 is 10.0 Å². The van der Waals surface area contributed by atoms with Crippen molar-refractivity contribution < 1.29 is 13.2 Å². The molecule has 1 aliphatic rings. The summed E-state index contributed by atoms with van der Waals surface area (Å²) in [7, 11) is 3.63. The lowest BCUT2D eigenvalue weighted by Gasteiger charge is -2.23.